The molecule has 12 heteroatoms. The Morgan fingerprint density at radius 1 is 0.941 bits per heavy atom. The van der Waals surface area contributed by atoms with E-state index in [0.29, 0.717) is 6.07 Å². The van der Waals surface area contributed by atoms with Crippen LogP contribution in [0.2, 0.25) is 0 Å². The predicted octanol–water partition coefficient (Wildman–Crippen LogP) is 6.17. The number of carboxylic acid groups (broad SMARTS) is 1. The quantitative estimate of drug-likeness (QED) is 0.423. The van der Waals surface area contributed by atoms with E-state index in [4.69, 9.17) is 9.84 Å². The van der Waals surface area contributed by atoms with Gasteiger partial charge in [-0.1, -0.05) is 17.7 Å². The number of rotatable bonds is 5. The van der Waals surface area contributed by atoms with Gasteiger partial charge in [0.15, 0.2) is 0 Å². The third kappa shape index (κ3) is 5.63. The second kappa shape index (κ2) is 9.04. The van der Waals surface area contributed by atoms with Crippen LogP contribution in [0.5, 0.6) is 11.5 Å². The van der Waals surface area contributed by atoms with Crippen LogP contribution in [-0.4, -0.2) is 22.0 Å². The molecule has 0 aliphatic carbocycles. The Balaban J connectivity index is 2.13. The first-order valence-electron chi connectivity index (χ1n) is 9.33. The predicted molar refractivity (Wildman–Crippen MR) is 107 cm³/mol. The molecular formula is C22H14F6N2O4. The summed E-state index contributed by atoms with van der Waals surface area (Å²) >= 11 is 0. The molecule has 1 aromatic heterocycles. The Morgan fingerprint density at radius 2 is 1.59 bits per heavy atom. The van der Waals surface area contributed by atoms with E-state index in [2.05, 4.69) is 10.3 Å². The average molecular weight is 484 g/mol. The summed E-state index contributed by atoms with van der Waals surface area (Å²) in [5, 5.41) is 10.9. The fraction of sp³-hybridized carbons (Fsp3) is 0.136. The molecule has 2 N–H and O–H groups in total. The standard InChI is InChI=1S/C22H14F6N2O4/c1-11-2-5-14(6-3-11)34-17-9-12(21(23,24)25)8-15(22(26,27)28)18(17)19(31)30-13-4-7-16(20(32)33)29-10-13/h2-10H,1H3,(H,30,31)(H,32,33). The number of hydrogen-bond donors (Lipinski definition) is 2. The summed E-state index contributed by atoms with van der Waals surface area (Å²) in [6, 6.07) is 7.84. The van der Waals surface area contributed by atoms with Crippen molar-refractivity contribution in [2.24, 2.45) is 0 Å². The van der Waals surface area contributed by atoms with Gasteiger partial charge >= 0.3 is 18.3 Å². The van der Waals surface area contributed by atoms with Gasteiger partial charge in [0.2, 0.25) is 0 Å². The van der Waals surface area contributed by atoms with Crippen molar-refractivity contribution in [2.75, 3.05) is 5.32 Å². The number of amides is 1. The molecule has 0 unspecified atom stereocenters. The number of anilines is 1. The number of carbonyl (C=O) groups excluding carboxylic acids is 1. The van der Waals surface area contributed by atoms with Crippen LogP contribution in [0.3, 0.4) is 0 Å². The van der Waals surface area contributed by atoms with Crippen molar-refractivity contribution in [3.05, 3.63) is 82.7 Å². The Bertz CT molecular complexity index is 1220. The van der Waals surface area contributed by atoms with E-state index < -0.39 is 52.4 Å². The van der Waals surface area contributed by atoms with Gasteiger partial charge in [-0.2, -0.15) is 26.3 Å². The Hall–Kier alpha value is -4.09. The summed E-state index contributed by atoms with van der Waals surface area (Å²) in [4.78, 5) is 27.2. The fourth-order valence-electron chi connectivity index (χ4n) is 2.84. The highest BCUT2D eigenvalue weighted by Crippen LogP contribution is 2.43. The number of aryl methyl sites for hydroxylation is 1. The van der Waals surface area contributed by atoms with E-state index in [-0.39, 0.29) is 17.5 Å². The van der Waals surface area contributed by atoms with Gasteiger partial charge < -0.3 is 15.2 Å². The number of carbonyl (C=O) groups is 2. The number of aromatic carboxylic acids is 1. The van der Waals surface area contributed by atoms with Gasteiger partial charge in [0.25, 0.3) is 5.91 Å². The van der Waals surface area contributed by atoms with Crippen LogP contribution >= 0.6 is 0 Å². The van der Waals surface area contributed by atoms with Gasteiger partial charge in [0.1, 0.15) is 17.2 Å². The lowest BCUT2D eigenvalue weighted by Gasteiger charge is -2.20. The minimum atomic E-state index is -5.34. The topological polar surface area (TPSA) is 88.5 Å². The summed E-state index contributed by atoms with van der Waals surface area (Å²) in [5.41, 5.74) is -4.55. The second-order valence-corrected chi connectivity index (χ2v) is 7.00. The number of pyridine rings is 1. The number of nitrogens with one attached hydrogen (secondary N) is 1. The number of nitrogens with zero attached hydrogens (tertiary/aromatic N) is 1. The molecule has 3 rings (SSSR count). The molecule has 0 saturated heterocycles. The molecule has 0 spiro atoms. The molecule has 0 aliphatic heterocycles. The monoisotopic (exact) mass is 484 g/mol. The Labute approximate surface area is 187 Å². The number of hydrogen-bond acceptors (Lipinski definition) is 4. The molecule has 1 heterocycles. The first kappa shape index (κ1) is 24.6. The fourth-order valence-corrected chi connectivity index (χ4v) is 2.84. The molecule has 0 atom stereocenters. The molecule has 0 aliphatic rings. The van der Waals surface area contributed by atoms with Crippen molar-refractivity contribution in [1.29, 1.82) is 0 Å². The zero-order chi connectivity index (χ0) is 25.3. The van der Waals surface area contributed by atoms with Crippen molar-refractivity contribution in [3.63, 3.8) is 0 Å². The van der Waals surface area contributed by atoms with Crippen LogP contribution in [-0.2, 0) is 12.4 Å². The summed E-state index contributed by atoms with van der Waals surface area (Å²) in [5.74, 6) is -3.89. The van der Waals surface area contributed by atoms with Gasteiger partial charge in [0.05, 0.1) is 28.6 Å². The highest BCUT2D eigenvalue weighted by atomic mass is 19.4. The number of ether oxygens (including phenoxy) is 1. The molecular weight excluding hydrogens is 470 g/mol. The molecule has 0 bridgehead atoms. The summed E-state index contributed by atoms with van der Waals surface area (Å²) < 4.78 is 86.5. The lowest BCUT2D eigenvalue weighted by molar-refractivity contribution is -0.143. The Kier molecular flexibility index (Phi) is 6.53. The van der Waals surface area contributed by atoms with Crippen molar-refractivity contribution in [1.82, 2.24) is 4.98 Å². The summed E-state index contributed by atoms with van der Waals surface area (Å²) in [6.45, 7) is 1.71. The lowest BCUT2D eigenvalue weighted by atomic mass is 10.0. The smallest absolute Gasteiger partial charge is 0.417 e. The van der Waals surface area contributed by atoms with E-state index in [1.54, 1.807) is 6.92 Å². The second-order valence-electron chi connectivity index (χ2n) is 7.00. The molecule has 1 amide bonds. The number of benzene rings is 2. The highest BCUT2D eigenvalue weighted by molar-refractivity contribution is 6.07. The zero-order valence-electron chi connectivity index (χ0n) is 17.1. The normalized spacial score (nSPS) is 11.7. The molecule has 6 nitrogen and oxygen atoms in total. The third-order valence-electron chi connectivity index (χ3n) is 4.45. The first-order chi connectivity index (χ1) is 15.8. The van der Waals surface area contributed by atoms with E-state index >= 15 is 0 Å². The molecule has 3 aromatic rings. The molecule has 2 aromatic carbocycles. The number of aromatic nitrogens is 1. The van der Waals surface area contributed by atoms with Crippen LogP contribution in [0.25, 0.3) is 0 Å². The van der Waals surface area contributed by atoms with Gasteiger partial charge in [-0.25, -0.2) is 9.78 Å². The molecule has 0 fully saturated rings. The van der Waals surface area contributed by atoms with Crippen LogP contribution in [0.1, 0.15) is 37.5 Å². The van der Waals surface area contributed by atoms with Crippen molar-refractivity contribution < 1.29 is 45.8 Å². The third-order valence-corrected chi connectivity index (χ3v) is 4.45. The average Bonchev–Trinajstić information content (AvgIpc) is 2.74. The maximum atomic E-state index is 13.7. The summed E-state index contributed by atoms with van der Waals surface area (Å²) in [7, 11) is 0. The highest BCUT2D eigenvalue weighted by Gasteiger charge is 2.42. The molecule has 0 radical (unpaired) electrons. The lowest BCUT2D eigenvalue weighted by Crippen LogP contribution is -2.21. The van der Waals surface area contributed by atoms with E-state index in [9.17, 15) is 35.9 Å². The van der Waals surface area contributed by atoms with E-state index in [1.807, 2.05) is 0 Å². The van der Waals surface area contributed by atoms with Gasteiger partial charge in [-0.3, -0.25) is 4.79 Å². The maximum Gasteiger partial charge on any atom is 0.417 e. The zero-order valence-corrected chi connectivity index (χ0v) is 17.1. The van der Waals surface area contributed by atoms with Crippen LogP contribution in [0, 0.1) is 6.92 Å². The van der Waals surface area contributed by atoms with Crippen LogP contribution < -0.4 is 10.1 Å². The van der Waals surface area contributed by atoms with Crippen molar-refractivity contribution in [3.8, 4) is 11.5 Å². The van der Waals surface area contributed by atoms with Gasteiger partial charge in [-0.05, 0) is 43.3 Å². The van der Waals surface area contributed by atoms with Gasteiger partial charge in [-0.15, -0.1) is 0 Å². The maximum absolute atomic E-state index is 13.7. The van der Waals surface area contributed by atoms with Crippen molar-refractivity contribution in [2.45, 2.75) is 19.3 Å². The Morgan fingerprint density at radius 3 is 2.09 bits per heavy atom. The van der Waals surface area contributed by atoms with Crippen molar-refractivity contribution >= 4 is 17.6 Å². The van der Waals surface area contributed by atoms with Crippen LogP contribution in [0.4, 0.5) is 32.0 Å². The first-order valence-corrected chi connectivity index (χ1v) is 9.33. The number of alkyl halides is 6. The van der Waals surface area contributed by atoms with Gasteiger partial charge in [0, 0.05) is 0 Å². The minimum absolute atomic E-state index is 0.0976. The number of halogens is 6. The van der Waals surface area contributed by atoms with Crippen LogP contribution in [0.15, 0.2) is 54.7 Å². The SMILES string of the molecule is Cc1ccc(Oc2cc(C(F)(F)F)cc(C(F)(F)F)c2C(=O)Nc2ccc(C(=O)O)nc2)cc1. The minimum Gasteiger partial charge on any atom is -0.477 e. The number of carboxylic acids is 1. The summed E-state index contributed by atoms with van der Waals surface area (Å²) in [6.07, 6.45) is -9.62. The largest absolute Gasteiger partial charge is 0.477 e. The van der Waals surface area contributed by atoms with E-state index in [1.165, 1.54) is 24.3 Å². The molecule has 34 heavy (non-hydrogen) atoms. The van der Waals surface area contributed by atoms with E-state index in [0.717, 1.165) is 23.9 Å². The molecule has 0 saturated carbocycles. The molecule has 178 valence electrons.